The third-order valence-electron chi connectivity index (χ3n) is 18.4. The van der Waals surface area contributed by atoms with E-state index in [1.54, 1.807) is 0 Å². The molecule has 0 bridgehead atoms. The highest BCUT2D eigenvalue weighted by molar-refractivity contribution is 6.77. The van der Waals surface area contributed by atoms with E-state index in [1.165, 1.54) is 104 Å². The van der Waals surface area contributed by atoms with Crippen molar-refractivity contribution < 1.29 is 29.1 Å². The van der Waals surface area contributed by atoms with Gasteiger partial charge in [0.25, 0.3) is 0 Å². The molecule has 3 N–H and O–H groups in total. The van der Waals surface area contributed by atoms with Gasteiger partial charge in [0.2, 0.25) is 8.32 Å². The quantitative estimate of drug-likeness (QED) is 0.0280. The molecule has 4 atom stereocenters. The van der Waals surface area contributed by atoms with E-state index >= 15 is 0 Å². The normalized spacial score (nSPS) is 18.7. The fourth-order valence-corrected chi connectivity index (χ4v) is 18.1. The third kappa shape index (κ3) is 29.1. The Hall–Kier alpha value is -3.26. The standard InChI is InChI=1S/C30H46O3.C29H49BO2.C19H36OSi/c1-5-6-7-10-15-25(17-18-26-21-28(31)22-29(32)23(26)2)27-16-12-14-24(20-27)13-9-8-11-19-30(3,4)33;1-9-10-11-14-19-26(23-30-31-28(5,6)29(7,8)32-30)25-20-16-18-24(22-25)17-13-12-15-21-27(2,3)4;1-11-12-18(10)13-19(14(2)3)20-21(15(4)5,16(6)7)17(8)9/h12,14,16-18,20,28-29,31-33H,2,5-11,13,15,19,21-22H2,1,3-4H3;16,18,20,22-23H,9-15,17,19,21H2,1-8H3;1,15-19H,2,12-13H2,3-10H3/b25-17+,26-18-;26-23+;/t28-,29+;;18-,19+/m1.1/s1. The van der Waals surface area contributed by atoms with Crippen LogP contribution < -0.4 is 0 Å². The van der Waals surface area contributed by atoms with Gasteiger partial charge < -0.3 is 29.1 Å². The van der Waals surface area contributed by atoms with Gasteiger partial charge in [-0.2, -0.15) is 0 Å². The molecule has 0 amide bonds. The first-order valence-electron chi connectivity index (χ1n) is 34.4. The van der Waals surface area contributed by atoms with Crippen molar-refractivity contribution in [2.75, 3.05) is 0 Å². The Kier molecular flexibility index (Phi) is 35.8. The number of rotatable bonds is 34. The molecule has 86 heavy (non-hydrogen) atoms. The van der Waals surface area contributed by atoms with Crippen LogP contribution >= 0.6 is 0 Å². The molecule has 0 spiro atoms. The van der Waals surface area contributed by atoms with Crippen LogP contribution in [0.2, 0.25) is 16.6 Å². The molecular weight excluding hydrogens is 1070 g/mol. The van der Waals surface area contributed by atoms with Gasteiger partial charge in [0.1, 0.15) is 0 Å². The molecule has 0 unspecified atom stereocenters. The van der Waals surface area contributed by atoms with Crippen LogP contribution in [0.25, 0.3) is 11.1 Å². The first-order valence-corrected chi connectivity index (χ1v) is 36.5. The van der Waals surface area contributed by atoms with Crippen LogP contribution in [0.1, 0.15) is 295 Å². The van der Waals surface area contributed by atoms with Crippen molar-refractivity contribution in [3.63, 3.8) is 0 Å². The van der Waals surface area contributed by atoms with Gasteiger partial charge in [-0.05, 0) is 198 Å². The van der Waals surface area contributed by atoms with Crippen LogP contribution in [0.15, 0.2) is 96.5 Å². The molecule has 2 aromatic rings. The predicted molar refractivity (Wildman–Crippen MR) is 379 cm³/mol. The van der Waals surface area contributed by atoms with Crippen LogP contribution in [0.5, 0.6) is 0 Å². The van der Waals surface area contributed by atoms with Gasteiger partial charge in [0, 0.05) is 12.8 Å². The summed E-state index contributed by atoms with van der Waals surface area (Å²) in [6.45, 7) is 50.3. The van der Waals surface area contributed by atoms with Gasteiger partial charge in [-0.3, -0.25) is 0 Å². The fraction of sp³-hybridized carbons (Fsp3) is 0.692. The highest BCUT2D eigenvalue weighted by Gasteiger charge is 2.50. The second-order valence-electron chi connectivity index (χ2n) is 29.9. The van der Waals surface area contributed by atoms with Crippen molar-refractivity contribution in [1.82, 2.24) is 0 Å². The molecule has 2 fully saturated rings. The Morgan fingerprint density at radius 2 is 1.21 bits per heavy atom. The number of benzene rings is 2. The van der Waals surface area contributed by atoms with Crippen molar-refractivity contribution in [3.8, 4) is 12.3 Å². The van der Waals surface area contributed by atoms with Gasteiger partial charge in [0.15, 0.2) is 0 Å². The number of hydrogen-bond donors (Lipinski definition) is 3. The first kappa shape index (κ1) is 78.8. The molecule has 0 radical (unpaired) electrons. The van der Waals surface area contributed by atoms with Crippen LogP contribution in [0.4, 0.5) is 0 Å². The largest absolute Gasteiger partial charge is 0.487 e. The molecule has 0 aromatic heterocycles. The molecular formula is C78H131BO6Si. The van der Waals surface area contributed by atoms with Gasteiger partial charge >= 0.3 is 7.12 Å². The summed E-state index contributed by atoms with van der Waals surface area (Å²) in [5.74, 6) is 5.49. The maximum Gasteiger partial charge on any atom is 0.487 e. The summed E-state index contributed by atoms with van der Waals surface area (Å²) in [6, 6.07) is 18.1. The van der Waals surface area contributed by atoms with E-state index in [0.29, 0.717) is 40.8 Å². The summed E-state index contributed by atoms with van der Waals surface area (Å²) in [5.41, 5.74) is 12.0. The topological polar surface area (TPSA) is 88.4 Å². The highest BCUT2D eigenvalue weighted by atomic mass is 28.4. The molecule has 2 aliphatic rings. The lowest BCUT2D eigenvalue weighted by atomic mass is 9.83. The number of hydrogen-bond acceptors (Lipinski definition) is 6. The molecule has 1 heterocycles. The Morgan fingerprint density at radius 3 is 1.66 bits per heavy atom. The van der Waals surface area contributed by atoms with Gasteiger partial charge in [-0.25, -0.2) is 0 Å². The number of aliphatic hydroxyl groups is 3. The molecule has 1 saturated carbocycles. The van der Waals surface area contributed by atoms with Crippen molar-refractivity contribution >= 4 is 26.6 Å². The second kappa shape index (κ2) is 39.1. The average molecular weight is 1200 g/mol. The summed E-state index contributed by atoms with van der Waals surface area (Å²) >= 11 is 0. The number of allylic oxidation sites excluding steroid dienone is 4. The minimum absolute atomic E-state index is 0.146. The van der Waals surface area contributed by atoms with Crippen molar-refractivity contribution in [1.29, 1.82) is 0 Å². The number of unbranched alkanes of at least 4 members (excludes halogenated alkanes) is 10. The molecule has 8 heteroatoms. The number of aliphatic hydroxyl groups excluding tert-OH is 2. The molecule has 1 saturated heterocycles. The van der Waals surface area contributed by atoms with Gasteiger partial charge in [-0.1, -0.05) is 233 Å². The lowest BCUT2D eigenvalue weighted by Crippen LogP contribution is -2.50. The summed E-state index contributed by atoms with van der Waals surface area (Å²) in [6.07, 6.45) is 35.1. The highest BCUT2D eigenvalue weighted by Crippen LogP contribution is 2.45. The monoisotopic (exact) mass is 1200 g/mol. The first-order chi connectivity index (χ1) is 40.2. The van der Waals surface area contributed by atoms with E-state index in [-0.39, 0.29) is 24.4 Å². The zero-order chi connectivity index (χ0) is 64.9. The molecule has 2 aromatic carbocycles. The van der Waals surface area contributed by atoms with E-state index in [1.807, 2.05) is 13.8 Å². The smallest absolute Gasteiger partial charge is 0.409 e. The summed E-state index contributed by atoms with van der Waals surface area (Å²) in [7, 11) is -2.13. The van der Waals surface area contributed by atoms with E-state index in [0.717, 1.165) is 87.3 Å². The van der Waals surface area contributed by atoms with Crippen LogP contribution in [-0.2, 0) is 26.6 Å². The zero-order valence-electron chi connectivity index (χ0n) is 59.0. The minimum Gasteiger partial charge on any atom is -0.409 e. The lowest BCUT2D eigenvalue weighted by molar-refractivity contribution is 0.00578. The zero-order valence-corrected chi connectivity index (χ0v) is 60.0. The third-order valence-corrected chi connectivity index (χ3v) is 24.5. The Morgan fingerprint density at radius 1 is 0.733 bits per heavy atom. The summed E-state index contributed by atoms with van der Waals surface area (Å²) < 4.78 is 19.5. The number of aryl methyl sites for hydroxylation is 2. The van der Waals surface area contributed by atoms with Crippen molar-refractivity contribution in [3.05, 3.63) is 119 Å². The molecule has 4 rings (SSSR count). The molecule has 1 aliphatic heterocycles. The molecule has 6 nitrogen and oxygen atoms in total. The Balaban J connectivity index is 0.000000452. The minimum atomic E-state index is -1.86. The molecule has 486 valence electrons. The lowest BCUT2D eigenvalue weighted by Gasteiger charge is -2.45. The maximum atomic E-state index is 10.2. The van der Waals surface area contributed by atoms with E-state index < -0.39 is 26.1 Å². The fourth-order valence-electron chi connectivity index (χ4n) is 12.4. The van der Waals surface area contributed by atoms with Crippen LogP contribution in [0.3, 0.4) is 0 Å². The molecule has 1 aliphatic carbocycles. The van der Waals surface area contributed by atoms with E-state index in [2.05, 4.69) is 203 Å². The maximum absolute atomic E-state index is 10.2. The Bertz CT molecular complexity index is 2360. The van der Waals surface area contributed by atoms with Crippen molar-refractivity contribution in [2.24, 2.45) is 11.3 Å². The summed E-state index contributed by atoms with van der Waals surface area (Å²) in [4.78, 5) is 0. The van der Waals surface area contributed by atoms with Gasteiger partial charge in [0.05, 0.1) is 35.1 Å². The van der Waals surface area contributed by atoms with E-state index in [9.17, 15) is 15.3 Å². The number of terminal acetylenes is 1. The average Bonchev–Trinajstić information content (AvgIpc) is 1.69. The Labute approximate surface area is 532 Å². The van der Waals surface area contributed by atoms with E-state index in [4.69, 9.17) is 20.2 Å². The van der Waals surface area contributed by atoms with Gasteiger partial charge in [-0.15, -0.1) is 12.3 Å². The van der Waals surface area contributed by atoms with Crippen molar-refractivity contribution in [2.45, 2.75) is 337 Å². The summed E-state index contributed by atoms with van der Waals surface area (Å²) in [5, 5.41) is 30.1. The predicted octanol–water partition coefficient (Wildman–Crippen LogP) is 21.9. The SMILES string of the molecule is C#CC[C@@H](C)C[C@H](O[Si](C(C)C)(C(C)C)C(C)C)C(=C)C.C=C1/C(=C\C=C(/CCCCCC)c2cccc(CCCCCC(C)(C)O)c2)C[C@@H](O)C[C@@H]1O.CCCCCC/C(=C\B1OC(C)(C)C(C)(C)O1)c1cccc(CCCCCC(C)(C)C)c1. The second-order valence-corrected chi connectivity index (χ2v) is 35.3. The van der Waals surface area contributed by atoms with Crippen LogP contribution in [0, 0.1) is 23.7 Å². The van der Waals surface area contributed by atoms with Crippen LogP contribution in [-0.4, -0.2) is 65.9 Å².